The highest BCUT2D eigenvalue weighted by Crippen LogP contribution is 2.38. The highest BCUT2D eigenvalue weighted by Gasteiger charge is 2.54. The molecule has 0 saturated carbocycles. The smallest absolute Gasteiger partial charge is 0.160 e. The monoisotopic (exact) mass is 536 g/mol. The Bertz CT molecular complexity index is 1070. The number of hydrogen-bond donors (Lipinski definition) is 6. The third-order valence-corrected chi connectivity index (χ3v) is 6.55. The molecule has 0 heterocycles. The van der Waals surface area contributed by atoms with Crippen LogP contribution in [0.1, 0.15) is 24.5 Å². The Balaban J connectivity index is 2.60. The van der Waals surface area contributed by atoms with Crippen LogP contribution in [0, 0.1) is 0 Å². The first-order chi connectivity index (χ1) is 17.9. The van der Waals surface area contributed by atoms with Crippen molar-refractivity contribution in [3.8, 4) is 23.0 Å². The molecule has 6 N–H and O–H groups in total. The van der Waals surface area contributed by atoms with Gasteiger partial charge in [0, 0.05) is 12.8 Å². The lowest BCUT2D eigenvalue weighted by molar-refractivity contribution is -0.228. The van der Waals surface area contributed by atoms with Gasteiger partial charge in [0.2, 0.25) is 0 Å². The van der Waals surface area contributed by atoms with E-state index in [1.54, 1.807) is 43.3 Å². The second-order valence-corrected chi connectivity index (χ2v) is 9.56. The lowest BCUT2D eigenvalue weighted by Gasteiger charge is -2.46. The van der Waals surface area contributed by atoms with E-state index in [0.717, 1.165) is 0 Å². The average molecular weight is 537 g/mol. The van der Waals surface area contributed by atoms with Crippen LogP contribution in [0.5, 0.6) is 23.0 Å². The molecule has 0 fully saturated rings. The minimum absolute atomic E-state index is 0.154. The molecule has 0 aliphatic rings. The summed E-state index contributed by atoms with van der Waals surface area (Å²) < 4.78 is 21.2. The molecule has 1 unspecified atom stereocenters. The normalized spacial score (nSPS) is 16.9. The number of hydrogen-bond acceptors (Lipinski definition) is 10. The Morgan fingerprint density at radius 2 is 1.24 bits per heavy atom. The predicted molar refractivity (Wildman–Crippen MR) is 141 cm³/mol. The van der Waals surface area contributed by atoms with Gasteiger partial charge in [-0.15, -0.1) is 6.58 Å². The minimum Gasteiger partial charge on any atom is -0.493 e. The molecule has 10 heteroatoms. The first kappa shape index (κ1) is 31.4. The number of aliphatic hydroxyl groups excluding tert-OH is 4. The van der Waals surface area contributed by atoms with Gasteiger partial charge in [-0.25, -0.2) is 0 Å². The number of aliphatic hydroxyl groups is 6. The maximum absolute atomic E-state index is 11.9. The lowest BCUT2D eigenvalue weighted by atomic mass is 9.71. The fraction of sp³-hybridized carbons (Fsp3) is 0.500. The van der Waals surface area contributed by atoms with E-state index < -0.39 is 42.5 Å². The molecule has 0 saturated heterocycles. The quantitative estimate of drug-likeness (QED) is 0.181. The van der Waals surface area contributed by atoms with Gasteiger partial charge in [-0.2, -0.15) is 0 Å². The third kappa shape index (κ3) is 6.96. The van der Waals surface area contributed by atoms with Gasteiger partial charge in [0.1, 0.15) is 29.5 Å². The molecule has 0 aliphatic carbocycles. The van der Waals surface area contributed by atoms with E-state index in [9.17, 15) is 30.6 Å². The van der Waals surface area contributed by atoms with Gasteiger partial charge < -0.3 is 49.6 Å². The van der Waals surface area contributed by atoms with Crippen LogP contribution < -0.4 is 18.9 Å². The van der Waals surface area contributed by atoms with Crippen molar-refractivity contribution in [2.24, 2.45) is 0 Å². The Hall–Kier alpha value is -2.86. The van der Waals surface area contributed by atoms with Gasteiger partial charge in [-0.3, -0.25) is 0 Å². The molecule has 0 aliphatic heterocycles. The van der Waals surface area contributed by atoms with Crippen molar-refractivity contribution >= 4 is 0 Å². The van der Waals surface area contributed by atoms with Crippen molar-refractivity contribution in [3.05, 3.63) is 59.7 Å². The van der Waals surface area contributed by atoms with Crippen LogP contribution in [0.25, 0.3) is 0 Å². The molecule has 38 heavy (non-hydrogen) atoms. The summed E-state index contributed by atoms with van der Waals surface area (Å²) in [6, 6.07) is 9.65. The number of rotatable bonds is 15. The minimum atomic E-state index is -2.53. The molecule has 0 spiro atoms. The van der Waals surface area contributed by atoms with Crippen molar-refractivity contribution < 1.29 is 49.6 Å². The van der Waals surface area contributed by atoms with Gasteiger partial charge in [-0.05, 0) is 48.7 Å². The summed E-state index contributed by atoms with van der Waals surface area (Å²) in [4.78, 5) is 0. The van der Waals surface area contributed by atoms with Crippen molar-refractivity contribution in [2.75, 3.05) is 35.0 Å². The second kappa shape index (κ2) is 13.3. The van der Waals surface area contributed by atoms with Crippen LogP contribution in [0.4, 0.5) is 0 Å². The number of methoxy groups -OCH3 is 4. The summed E-state index contributed by atoms with van der Waals surface area (Å²) >= 11 is 0. The fourth-order valence-corrected chi connectivity index (χ4v) is 4.70. The molecule has 10 nitrogen and oxygen atoms in total. The van der Waals surface area contributed by atoms with E-state index in [1.165, 1.54) is 28.4 Å². The SMILES string of the molecule is C=C(C)CC(O)(Cc1ccc(OC)c(OC)c1)[C@@H](O)[C@@](O)(Cc1ccc(OC)c(OC)c1)[C@H](O)[C@@H](O)CO. The molecular weight excluding hydrogens is 496 g/mol. The van der Waals surface area contributed by atoms with Gasteiger partial charge in [0.25, 0.3) is 0 Å². The van der Waals surface area contributed by atoms with Crippen LogP contribution in [-0.4, -0.2) is 95.2 Å². The molecule has 212 valence electrons. The predicted octanol–water partition coefficient (Wildman–Crippen LogP) is 1.01. The first-order valence-corrected chi connectivity index (χ1v) is 12.0. The molecule has 0 bridgehead atoms. The summed E-state index contributed by atoms with van der Waals surface area (Å²) in [5, 5.41) is 66.1. The second-order valence-electron chi connectivity index (χ2n) is 9.56. The average Bonchev–Trinajstić information content (AvgIpc) is 2.90. The summed E-state index contributed by atoms with van der Waals surface area (Å²) in [5.41, 5.74) is -3.15. The Kier molecular flexibility index (Phi) is 11.0. The third-order valence-electron chi connectivity index (χ3n) is 6.55. The summed E-state index contributed by atoms with van der Waals surface area (Å²) in [6.45, 7) is 4.61. The van der Waals surface area contributed by atoms with Gasteiger partial charge in [-0.1, -0.05) is 17.7 Å². The summed E-state index contributed by atoms with van der Waals surface area (Å²) in [5.74, 6) is 1.62. The maximum Gasteiger partial charge on any atom is 0.160 e. The van der Waals surface area contributed by atoms with E-state index in [0.29, 0.717) is 39.7 Å². The van der Waals surface area contributed by atoms with E-state index in [1.807, 2.05) is 0 Å². The maximum atomic E-state index is 11.9. The van der Waals surface area contributed by atoms with Gasteiger partial charge >= 0.3 is 0 Å². The van der Waals surface area contributed by atoms with Crippen molar-refractivity contribution in [3.63, 3.8) is 0 Å². The fourth-order valence-electron chi connectivity index (χ4n) is 4.70. The van der Waals surface area contributed by atoms with Gasteiger partial charge in [0.15, 0.2) is 23.0 Å². The van der Waals surface area contributed by atoms with E-state index in [4.69, 9.17) is 18.9 Å². The lowest BCUT2D eigenvalue weighted by Crippen LogP contribution is -2.66. The molecule has 2 aromatic carbocycles. The highest BCUT2D eigenvalue weighted by atomic mass is 16.5. The topological polar surface area (TPSA) is 158 Å². The van der Waals surface area contributed by atoms with Crippen LogP contribution >= 0.6 is 0 Å². The van der Waals surface area contributed by atoms with Crippen LogP contribution in [0.3, 0.4) is 0 Å². The van der Waals surface area contributed by atoms with Crippen molar-refractivity contribution in [1.82, 2.24) is 0 Å². The Morgan fingerprint density at radius 3 is 1.63 bits per heavy atom. The van der Waals surface area contributed by atoms with Crippen LogP contribution in [0.2, 0.25) is 0 Å². The Labute approximate surface area is 223 Å². The van der Waals surface area contributed by atoms with Gasteiger partial charge in [0.05, 0.1) is 35.0 Å². The summed E-state index contributed by atoms with van der Waals surface area (Å²) in [7, 11) is 5.85. The first-order valence-electron chi connectivity index (χ1n) is 12.0. The standard InChI is InChI=1S/C28H40O10/c1-17(2)13-27(33,14-18-7-9-21(35-3)23(11-18)37-5)26(32)28(34,25(31)20(30)16-29)15-19-8-10-22(36-4)24(12-19)38-6/h7-12,20,25-26,29-34H,1,13-16H2,2-6H3/t20-,25+,26+,27?,28+/m0/s1. The molecule has 0 aromatic heterocycles. The number of ether oxygens (including phenoxy) is 4. The van der Waals surface area contributed by atoms with Crippen LogP contribution in [0.15, 0.2) is 48.6 Å². The number of benzene rings is 2. The molecule has 5 atom stereocenters. The molecule has 0 amide bonds. The van der Waals surface area contributed by atoms with Crippen molar-refractivity contribution in [1.29, 1.82) is 0 Å². The van der Waals surface area contributed by atoms with E-state index in [-0.39, 0.29) is 12.8 Å². The zero-order chi connectivity index (χ0) is 28.7. The molecule has 2 rings (SSSR count). The van der Waals surface area contributed by atoms with E-state index in [2.05, 4.69) is 6.58 Å². The highest BCUT2D eigenvalue weighted by molar-refractivity contribution is 5.44. The Morgan fingerprint density at radius 1 is 0.789 bits per heavy atom. The van der Waals surface area contributed by atoms with Crippen molar-refractivity contribution in [2.45, 2.75) is 55.7 Å². The molecular formula is C28H40O10. The summed E-state index contributed by atoms with van der Waals surface area (Å²) in [6.07, 6.45) is -6.64. The van der Waals surface area contributed by atoms with E-state index >= 15 is 0 Å². The zero-order valence-corrected chi connectivity index (χ0v) is 22.5. The largest absolute Gasteiger partial charge is 0.493 e. The zero-order valence-electron chi connectivity index (χ0n) is 22.5. The molecule has 0 radical (unpaired) electrons. The molecule has 2 aromatic rings. The van der Waals surface area contributed by atoms with Crippen LogP contribution in [-0.2, 0) is 12.8 Å².